The van der Waals surface area contributed by atoms with E-state index in [1.807, 2.05) is 19.1 Å². The molecule has 0 radical (unpaired) electrons. The minimum absolute atomic E-state index is 0.0359. The van der Waals surface area contributed by atoms with Crippen LogP contribution in [0.15, 0.2) is 36.5 Å². The molecule has 2 aromatic heterocycles. The molecule has 1 aliphatic heterocycles. The Kier molecular flexibility index (Phi) is 4.14. The van der Waals surface area contributed by atoms with Crippen molar-refractivity contribution < 1.29 is 13.6 Å². The number of fused-ring (bicyclic) bond motifs is 1. The molecule has 0 bridgehead atoms. The fraction of sp³-hybridized carbons (Fsp3) is 0.316. The van der Waals surface area contributed by atoms with E-state index < -0.39 is 11.6 Å². The summed E-state index contributed by atoms with van der Waals surface area (Å²) < 4.78 is 28.9. The molecular formula is C19H18F2N4O. The van der Waals surface area contributed by atoms with E-state index in [0.29, 0.717) is 13.1 Å². The molecule has 26 heavy (non-hydrogen) atoms. The monoisotopic (exact) mass is 356 g/mol. The van der Waals surface area contributed by atoms with Crippen LogP contribution in [0.3, 0.4) is 0 Å². The first-order valence-corrected chi connectivity index (χ1v) is 8.63. The lowest BCUT2D eigenvalue weighted by Gasteiger charge is -2.17. The molecule has 1 atom stereocenters. The van der Waals surface area contributed by atoms with E-state index in [9.17, 15) is 13.6 Å². The van der Waals surface area contributed by atoms with Gasteiger partial charge in [-0.3, -0.25) is 4.79 Å². The number of hydrogen-bond donors (Lipinski definition) is 0. The molecule has 3 heterocycles. The molecule has 1 fully saturated rings. The number of aryl methyl sites for hydroxylation is 1. The first kappa shape index (κ1) is 16.6. The predicted octanol–water partition coefficient (Wildman–Crippen LogP) is 3.36. The van der Waals surface area contributed by atoms with Gasteiger partial charge < -0.3 is 9.47 Å². The number of halogens is 2. The summed E-state index contributed by atoms with van der Waals surface area (Å²) in [6.07, 6.45) is 2.50. The Hall–Kier alpha value is -2.83. The lowest BCUT2D eigenvalue weighted by atomic mass is 10.1. The first-order valence-electron chi connectivity index (χ1n) is 8.63. The summed E-state index contributed by atoms with van der Waals surface area (Å²) in [5.41, 5.74) is 1.71. The quantitative estimate of drug-likeness (QED) is 0.723. The number of pyridine rings is 1. The molecule has 7 heteroatoms. The second-order valence-corrected chi connectivity index (χ2v) is 6.46. The van der Waals surface area contributed by atoms with Crippen LogP contribution in [0.5, 0.6) is 0 Å². The van der Waals surface area contributed by atoms with Gasteiger partial charge in [-0.25, -0.2) is 18.7 Å². The Labute approximate surface area is 149 Å². The molecule has 1 unspecified atom stereocenters. The topological polar surface area (TPSA) is 51.0 Å². The SMILES string of the molecule is CCn1c(C2CCN(C(=O)c3cc(F)cc(F)c3)C2)nc2cccnc21. The number of aromatic nitrogens is 3. The first-order chi connectivity index (χ1) is 12.6. The largest absolute Gasteiger partial charge is 0.338 e. The predicted molar refractivity (Wildman–Crippen MR) is 92.8 cm³/mol. The van der Waals surface area contributed by atoms with Gasteiger partial charge in [-0.1, -0.05) is 0 Å². The molecule has 134 valence electrons. The van der Waals surface area contributed by atoms with Crippen LogP contribution in [0.25, 0.3) is 11.2 Å². The number of carbonyl (C=O) groups is 1. The molecule has 0 N–H and O–H groups in total. The van der Waals surface area contributed by atoms with Crippen molar-refractivity contribution >= 4 is 17.1 Å². The number of rotatable bonds is 3. The summed E-state index contributed by atoms with van der Waals surface area (Å²) in [4.78, 5) is 23.3. The van der Waals surface area contributed by atoms with E-state index >= 15 is 0 Å². The zero-order valence-electron chi connectivity index (χ0n) is 14.3. The van der Waals surface area contributed by atoms with E-state index in [0.717, 1.165) is 48.2 Å². The maximum atomic E-state index is 13.4. The maximum Gasteiger partial charge on any atom is 0.254 e. The van der Waals surface area contributed by atoms with Crippen LogP contribution >= 0.6 is 0 Å². The van der Waals surface area contributed by atoms with Gasteiger partial charge in [0.1, 0.15) is 23.0 Å². The normalized spacial score (nSPS) is 17.2. The summed E-state index contributed by atoms with van der Waals surface area (Å²) >= 11 is 0. The van der Waals surface area contributed by atoms with Gasteiger partial charge in [0.15, 0.2) is 5.65 Å². The van der Waals surface area contributed by atoms with Crippen LogP contribution in [0.1, 0.15) is 35.4 Å². The lowest BCUT2D eigenvalue weighted by Crippen LogP contribution is -2.29. The highest BCUT2D eigenvalue weighted by molar-refractivity contribution is 5.94. The minimum atomic E-state index is -0.747. The van der Waals surface area contributed by atoms with Crippen LogP contribution in [0, 0.1) is 11.6 Å². The van der Waals surface area contributed by atoms with Crippen LogP contribution in [0.4, 0.5) is 8.78 Å². The van der Waals surface area contributed by atoms with Crippen molar-refractivity contribution in [2.75, 3.05) is 13.1 Å². The van der Waals surface area contributed by atoms with Crippen molar-refractivity contribution in [3.63, 3.8) is 0 Å². The Bertz CT molecular complexity index is 965. The van der Waals surface area contributed by atoms with Crippen LogP contribution < -0.4 is 0 Å². The van der Waals surface area contributed by atoms with E-state index in [-0.39, 0.29) is 17.4 Å². The number of carbonyl (C=O) groups excluding carboxylic acids is 1. The summed E-state index contributed by atoms with van der Waals surface area (Å²) in [6.45, 7) is 3.78. The average Bonchev–Trinajstić information content (AvgIpc) is 3.24. The van der Waals surface area contributed by atoms with Gasteiger partial charge in [0.05, 0.1) is 0 Å². The summed E-state index contributed by atoms with van der Waals surface area (Å²) in [5.74, 6) is -0.873. The van der Waals surface area contributed by atoms with Gasteiger partial charge in [-0.05, 0) is 37.6 Å². The third-order valence-corrected chi connectivity index (χ3v) is 4.80. The zero-order valence-corrected chi connectivity index (χ0v) is 14.3. The van der Waals surface area contributed by atoms with Crippen LogP contribution in [-0.2, 0) is 6.54 Å². The number of likely N-dealkylation sites (tertiary alicyclic amines) is 1. The van der Waals surface area contributed by atoms with E-state index in [1.165, 1.54) is 0 Å². The fourth-order valence-corrected chi connectivity index (χ4v) is 3.61. The molecule has 1 amide bonds. The third-order valence-electron chi connectivity index (χ3n) is 4.80. The van der Waals surface area contributed by atoms with E-state index in [1.54, 1.807) is 11.1 Å². The Balaban J connectivity index is 1.60. The highest BCUT2D eigenvalue weighted by atomic mass is 19.1. The Morgan fingerprint density at radius 1 is 1.27 bits per heavy atom. The molecule has 4 rings (SSSR count). The van der Waals surface area contributed by atoms with Gasteiger partial charge in [0.2, 0.25) is 0 Å². The molecule has 3 aromatic rings. The molecule has 1 saturated heterocycles. The number of imidazole rings is 1. The van der Waals surface area contributed by atoms with Crippen LogP contribution in [-0.4, -0.2) is 38.4 Å². The van der Waals surface area contributed by atoms with Gasteiger partial charge >= 0.3 is 0 Å². The van der Waals surface area contributed by atoms with Crippen molar-refractivity contribution in [2.24, 2.45) is 0 Å². The smallest absolute Gasteiger partial charge is 0.254 e. The summed E-state index contributed by atoms with van der Waals surface area (Å²) in [5, 5.41) is 0. The number of benzene rings is 1. The van der Waals surface area contributed by atoms with Crippen molar-refractivity contribution in [3.05, 3.63) is 59.6 Å². The molecule has 0 spiro atoms. The molecule has 0 aliphatic carbocycles. The summed E-state index contributed by atoms with van der Waals surface area (Å²) in [7, 11) is 0. The Morgan fingerprint density at radius 3 is 2.77 bits per heavy atom. The lowest BCUT2D eigenvalue weighted by molar-refractivity contribution is 0.0789. The van der Waals surface area contributed by atoms with Gasteiger partial charge in [0, 0.05) is 43.4 Å². The number of amides is 1. The van der Waals surface area contributed by atoms with Crippen molar-refractivity contribution in [1.29, 1.82) is 0 Å². The van der Waals surface area contributed by atoms with Gasteiger partial charge in [-0.2, -0.15) is 0 Å². The highest BCUT2D eigenvalue weighted by Crippen LogP contribution is 2.30. The van der Waals surface area contributed by atoms with Gasteiger partial charge in [0.25, 0.3) is 5.91 Å². The van der Waals surface area contributed by atoms with Crippen molar-refractivity contribution in [2.45, 2.75) is 25.8 Å². The number of nitrogens with zero attached hydrogens (tertiary/aromatic N) is 4. The standard InChI is InChI=1S/C19H18F2N4O/c1-2-25-17(23-16-4-3-6-22-18(16)25)12-5-7-24(11-12)19(26)13-8-14(20)10-15(21)9-13/h3-4,6,8-10,12H,2,5,7,11H2,1H3. The molecule has 5 nitrogen and oxygen atoms in total. The highest BCUT2D eigenvalue weighted by Gasteiger charge is 2.31. The summed E-state index contributed by atoms with van der Waals surface area (Å²) in [6, 6.07) is 6.68. The molecule has 0 saturated carbocycles. The average molecular weight is 356 g/mol. The minimum Gasteiger partial charge on any atom is -0.338 e. The van der Waals surface area contributed by atoms with E-state index in [2.05, 4.69) is 9.55 Å². The number of hydrogen-bond acceptors (Lipinski definition) is 3. The van der Waals surface area contributed by atoms with Crippen LogP contribution in [0.2, 0.25) is 0 Å². The third kappa shape index (κ3) is 2.83. The second-order valence-electron chi connectivity index (χ2n) is 6.46. The molecule has 1 aliphatic rings. The molecule has 1 aromatic carbocycles. The Morgan fingerprint density at radius 2 is 2.04 bits per heavy atom. The van der Waals surface area contributed by atoms with Gasteiger partial charge in [-0.15, -0.1) is 0 Å². The van der Waals surface area contributed by atoms with Crippen molar-refractivity contribution in [3.8, 4) is 0 Å². The maximum absolute atomic E-state index is 13.4. The molecular weight excluding hydrogens is 338 g/mol. The fourth-order valence-electron chi connectivity index (χ4n) is 3.61. The van der Waals surface area contributed by atoms with Crippen molar-refractivity contribution in [1.82, 2.24) is 19.4 Å². The zero-order chi connectivity index (χ0) is 18.3. The van der Waals surface area contributed by atoms with E-state index in [4.69, 9.17) is 4.98 Å². The second kappa shape index (κ2) is 6.48.